The Hall–Kier alpha value is -1.03. The predicted octanol–water partition coefficient (Wildman–Crippen LogP) is 4.81. The first-order valence-electron chi connectivity index (χ1n) is 6.22. The van der Waals surface area contributed by atoms with Crippen LogP contribution in [0, 0.1) is 13.8 Å². The van der Waals surface area contributed by atoms with Gasteiger partial charge in [0.1, 0.15) is 11.9 Å². The van der Waals surface area contributed by atoms with E-state index in [-0.39, 0.29) is 0 Å². The van der Waals surface area contributed by atoms with Gasteiger partial charge in [-0.15, -0.1) is 0 Å². The van der Waals surface area contributed by atoms with Crippen molar-refractivity contribution in [2.24, 2.45) is 0 Å². The highest BCUT2D eigenvalue weighted by Crippen LogP contribution is 2.37. The Morgan fingerprint density at radius 3 is 2.50 bits per heavy atom. The molecule has 0 radical (unpaired) electrons. The van der Waals surface area contributed by atoms with Crippen molar-refractivity contribution >= 4 is 27.5 Å². The molecule has 20 heavy (non-hydrogen) atoms. The van der Waals surface area contributed by atoms with Gasteiger partial charge < -0.3 is 9.84 Å². The van der Waals surface area contributed by atoms with E-state index >= 15 is 0 Å². The van der Waals surface area contributed by atoms with Gasteiger partial charge >= 0.3 is 0 Å². The zero-order chi connectivity index (χ0) is 14.9. The van der Waals surface area contributed by atoms with Crippen LogP contribution < -0.4 is 4.74 Å². The van der Waals surface area contributed by atoms with Crippen molar-refractivity contribution in [1.82, 2.24) is 0 Å². The summed E-state index contributed by atoms with van der Waals surface area (Å²) in [6, 6.07) is 9.39. The van der Waals surface area contributed by atoms with E-state index in [4.69, 9.17) is 16.3 Å². The van der Waals surface area contributed by atoms with Crippen LogP contribution in [0.25, 0.3) is 0 Å². The molecule has 0 fully saturated rings. The van der Waals surface area contributed by atoms with Crippen LogP contribution in [0.3, 0.4) is 0 Å². The van der Waals surface area contributed by atoms with Crippen LogP contribution in [0.1, 0.15) is 28.4 Å². The highest BCUT2D eigenvalue weighted by atomic mass is 79.9. The third kappa shape index (κ3) is 3.00. The van der Waals surface area contributed by atoms with Crippen LogP contribution in [-0.2, 0) is 0 Å². The van der Waals surface area contributed by atoms with Crippen LogP contribution in [0.15, 0.2) is 34.8 Å². The molecule has 0 aliphatic carbocycles. The molecule has 2 aromatic carbocycles. The Bertz CT molecular complexity index is 641. The number of ether oxygens (including phenoxy) is 1. The maximum Gasteiger partial charge on any atom is 0.125 e. The Morgan fingerprint density at radius 1 is 1.20 bits per heavy atom. The number of rotatable bonds is 3. The molecule has 2 rings (SSSR count). The fourth-order valence-electron chi connectivity index (χ4n) is 2.34. The molecule has 0 amide bonds. The Balaban J connectivity index is 2.55. The van der Waals surface area contributed by atoms with E-state index in [0.29, 0.717) is 16.3 Å². The monoisotopic (exact) mass is 354 g/mol. The van der Waals surface area contributed by atoms with Crippen molar-refractivity contribution < 1.29 is 9.84 Å². The molecule has 106 valence electrons. The summed E-state index contributed by atoms with van der Waals surface area (Å²) in [5.41, 5.74) is 3.49. The van der Waals surface area contributed by atoms with E-state index in [1.165, 1.54) is 0 Å². The minimum Gasteiger partial charge on any atom is -0.496 e. The van der Waals surface area contributed by atoms with Gasteiger partial charge in [-0.1, -0.05) is 39.7 Å². The maximum absolute atomic E-state index is 10.7. The van der Waals surface area contributed by atoms with E-state index in [2.05, 4.69) is 15.9 Å². The molecule has 0 bridgehead atoms. The molecule has 0 spiro atoms. The molecule has 2 aromatic rings. The van der Waals surface area contributed by atoms with E-state index in [1.807, 2.05) is 38.1 Å². The molecule has 1 N–H and O–H groups in total. The predicted molar refractivity (Wildman–Crippen MR) is 85.7 cm³/mol. The molecule has 0 aliphatic rings. The fraction of sp³-hybridized carbons (Fsp3) is 0.250. The van der Waals surface area contributed by atoms with E-state index in [1.54, 1.807) is 13.2 Å². The van der Waals surface area contributed by atoms with Gasteiger partial charge in [-0.05, 0) is 43.2 Å². The van der Waals surface area contributed by atoms with Crippen molar-refractivity contribution in [3.05, 3.63) is 62.1 Å². The van der Waals surface area contributed by atoms with E-state index in [0.717, 1.165) is 21.2 Å². The lowest BCUT2D eigenvalue weighted by molar-refractivity contribution is 0.214. The fourth-order valence-corrected chi connectivity index (χ4v) is 3.11. The lowest BCUT2D eigenvalue weighted by Crippen LogP contribution is -2.06. The Labute approximate surface area is 132 Å². The quantitative estimate of drug-likeness (QED) is 0.856. The first-order chi connectivity index (χ1) is 9.43. The SMILES string of the molecule is COc1cc(C)cc(C)c1C(O)c1ccc(Br)cc1Cl. The smallest absolute Gasteiger partial charge is 0.125 e. The molecule has 0 aromatic heterocycles. The summed E-state index contributed by atoms with van der Waals surface area (Å²) in [5.74, 6) is 0.675. The third-order valence-electron chi connectivity index (χ3n) is 3.24. The average molecular weight is 356 g/mol. The summed E-state index contributed by atoms with van der Waals surface area (Å²) in [6.07, 6.45) is -0.814. The number of hydrogen-bond acceptors (Lipinski definition) is 2. The second kappa shape index (κ2) is 6.17. The van der Waals surface area contributed by atoms with Crippen molar-refractivity contribution in [2.45, 2.75) is 20.0 Å². The Kier molecular flexibility index (Phi) is 4.74. The van der Waals surface area contributed by atoms with Crippen molar-refractivity contribution in [1.29, 1.82) is 0 Å². The minimum absolute atomic E-state index is 0.522. The molecule has 0 aliphatic heterocycles. The third-order valence-corrected chi connectivity index (χ3v) is 4.06. The van der Waals surface area contributed by atoms with Crippen LogP contribution >= 0.6 is 27.5 Å². The lowest BCUT2D eigenvalue weighted by Gasteiger charge is -2.19. The summed E-state index contributed by atoms with van der Waals surface area (Å²) in [7, 11) is 1.60. The van der Waals surface area contributed by atoms with Crippen LogP contribution in [0.4, 0.5) is 0 Å². The maximum atomic E-state index is 10.7. The van der Waals surface area contributed by atoms with Gasteiger partial charge in [0, 0.05) is 20.6 Å². The average Bonchev–Trinajstić information content (AvgIpc) is 2.37. The Morgan fingerprint density at radius 2 is 1.90 bits per heavy atom. The summed E-state index contributed by atoms with van der Waals surface area (Å²) < 4.78 is 6.28. The molecular formula is C16H16BrClO2. The second-order valence-electron chi connectivity index (χ2n) is 4.77. The number of methoxy groups -OCH3 is 1. The molecule has 4 heteroatoms. The first kappa shape index (κ1) is 15.4. The zero-order valence-corrected chi connectivity index (χ0v) is 13.9. The van der Waals surface area contributed by atoms with E-state index in [9.17, 15) is 5.11 Å². The molecular weight excluding hydrogens is 340 g/mol. The summed E-state index contributed by atoms with van der Waals surface area (Å²) in [4.78, 5) is 0. The summed E-state index contributed by atoms with van der Waals surface area (Å²) in [5, 5.41) is 11.2. The largest absolute Gasteiger partial charge is 0.496 e. The van der Waals surface area contributed by atoms with Crippen LogP contribution in [0.2, 0.25) is 5.02 Å². The van der Waals surface area contributed by atoms with Gasteiger partial charge in [-0.2, -0.15) is 0 Å². The van der Waals surface area contributed by atoms with Gasteiger partial charge in [-0.3, -0.25) is 0 Å². The van der Waals surface area contributed by atoms with Crippen LogP contribution in [-0.4, -0.2) is 12.2 Å². The molecule has 1 atom stereocenters. The highest BCUT2D eigenvalue weighted by molar-refractivity contribution is 9.10. The lowest BCUT2D eigenvalue weighted by atomic mass is 9.95. The standard InChI is InChI=1S/C16H16BrClO2/c1-9-6-10(2)15(14(7-9)20-3)16(19)12-5-4-11(17)8-13(12)18/h4-8,16,19H,1-3H3. The second-order valence-corrected chi connectivity index (χ2v) is 6.09. The first-order valence-corrected chi connectivity index (χ1v) is 7.39. The van der Waals surface area contributed by atoms with Gasteiger partial charge in [-0.25, -0.2) is 0 Å². The van der Waals surface area contributed by atoms with Gasteiger partial charge in [0.05, 0.1) is 7.11 Å². The number of halogens is 2. The number of aliphatic hydroxyl groups is 1. The van der Waals surface area contributed by atoms with Gasteiger partial charge in [0.2, 0.25) is 0 Å². The van der Waals surface area contributed by atoms with Gasteiger partial charge in [0.25, 0.3) is 0 Å². The molecule has 0 heterocycles. The van der Waals surface area contributed by atoms with E-state index < -0.39 is 6.10 Å². The minimum atomic E-state index is -0.814. The summed E-state index contributed by atoms with van der Waals surface area (Å²) in [6.45, 7) is 3.96. The topological polar surface area (TPSA) is 29.5 Å². The zero-order valence-electron chi connectivity index (χ0n) is 11.6. The highest BCUT2D eigenvalue weighted by Gasteiger charge is 2.20. The van der Waals surface area contributed by atoms with Gasteiger partial charge in [0.15, 0.2) is 0 Å². The summed E-state index contributed by atoms with van der Waals surface area (Å²) >= 11 is 9.59. The number of aliphatic hydroxyl groups excluding tert-OH is 1. The number of benzene rings is 2. The number of hydrogen-bond donors (Lipinski definition) is 1. The van der Waals surface area contributed by atoms with Crippen LogP contribution in [0.5, 0.6) is 5.75 Å². The molecule has 2 nitrogen and oxygen atoms in total. The van der Waals surface area contributed by atoms with Crippen molar-refractivity contribution in [3.63, 3.8) is 0 Å². The molecule has 1 unspecified atom stereocenters. The molecule has 0 saturated heterocycles. The number of aryl methyl sites for hydroxylation is 2. The normalized spacial score (nSPS) is 12.3. The molecule has 0 saturated carbocycles. The van der Waals surface area contributed by atoms with Crippen molar-refractivity contribution in [3.8, 4) is 5.75 Å². The van der Waals surface area contributed by atoms with Crippen molar-refractivity contribution in [2.75, 3.05) is 7.11 Å².